The lowest BCUT2D eigenvalue weighted by Crippen LogP contribution is -2.39. The first-order valence-electron chi connectivity index (χ1n) is 6.43. The number of nitrogens with one attached hydrogen (secondary N) is 1. The molecule has 0 saturated heterocycles. The summed E-state index contributed by atoms with van der Waals surface area (Å²) in [5.41, 5.74) is 0. The Morgan fingerprint density at radius 1 is 1.44 bits per heavy atom. The molecule has 3 unspecified atom stereocenters. The number of hydrogen-bond donors (Lipinski definition) is 1. The van der Waals surface area contributed by atoms with Gasteiger partial charge in [-0.3, -0.25) is 4.79 Å². The van der Waals surface area contributed by atoms with Gasteiger partial charge in [0.2, 0.25) is 11.8 Å². The Balaban J connectivity index is 1.45. The smallest absolute Gasteiger partial charge is 0.277 e. The molecule has 1 amide bonds. The van der Waals surface area contributed by atoms with E-state index in [-0.39, 0.29) is 5.91 Å². The van der Waals surface area contributed by atoms with Crippen molar-refractivity contribution >= 4 is 17.7 Å². The fourth-order valence-corrected chi connectivity index (χ4v) is 3.75. The molecular weight excluding hydrogens is 250 g/mol. The third-order valence-electron chi connectivity index (χ3n) is 3.92. The maximum Gasteiger partial charge on any atom is 0.277 e. The summed E-state index contributed by atoms with van der Waals surface area (Å²) < 4.78 is 5.21. The predicted octanol–water partition coefficient (Wildman–Crippen LogP) is 1.77. The molecule has 2 bridgehead atoms. The molecular formula is C12H17N3O2S. The van der Waals surface area contributed by atoms with Crippen LogP contribution in [0.15, 0.2) is 9.64 Å². The molecule has 1 aromatic heterocycles. The van der Waals surface area contributed by atoms with E-state index >= 15 is 0 Å². The molecule has 3 atom stereocenters. The summed E-state index contributed by atoms with van der Waals surface area (Å²) >= 11 is 1.30. The average Bonchev–Trinajstić information content (AvgIpc) is 3.03. The molecule has 0 aliphatic heterocycles. The lowest BCUT2D eigenvalue weighted by Gasteiger charge is -2.22. The molecule has 5 nitrogen and oxygen atoms in total. The maximum atomic E-state index is 11.8. The summed E-state index contributed by atoms with van der Waals surface area (Å²) in [6, 6.07) is 0.404. The van der Waals surface area contributed by atoms with E-state index in [4.69, 9.17) is 4.42 Å². The van der Waals surface area contributed by atoms with Crippen molar-refractivity contribution < 1.29 is 9.21 Å². The van der Waals surface area contributed by atoms with Crippen LogP contribution in [0.1, 0.15) is 31.6 Å². The minimum absolute atomic E-state index is 0.0772. The minimum Gasteiger partial charge on any atom is -0.416 e. The molecule has 1 heterocycles. The van der Waals surface area contributed by atoms with Crippen molar-refractivity contribution in [1.82, 2.24) is 15.5 Å². The van der Waals surface area contributed by atoms with Gasteiger partial charge in [0.15, 0.2) is 0 Å². The Bertz CT molecular complexity index is 448. The third kappa shape index (κ3) is 2.53. The fourth-order valence-electron chi connectivity index (χ4n) is 3.13. The number of amides is 1. The van der Waals surface area contributed by atoms with Crippen LogP contribution in [-0.4, -0.2) is 27.9 Å². The molecule has 2 aliphatic carbocycles. The normalized spacial score (nSPS) is 29.7. The predicted molar refractivity (Wildman–Crippen MR) is 67.1 cm³/mol. The van der Waals surface area contributed by atoms with Gasteiger partial charge in [0.05, 0.1) is 5.75 Å². The molecule has 0 spiro atoms. The number of nitrogens with zero attached hydrogens (tertiary/aromatic N) is 2. The molecule has 1 N–H and O–H groups in total. The standard InChI is InChI=1S/C12H17N3O2S/c1-7-14-15-12(17-7)18-6-11(16)13-10-5-8-2-3-9(10)4-8/h8-10H,2-6H2,1H3,(H,13,16). The van der Waals surface area contributed by atoms with Crippen molar-refractivity contribution in [1.29, 1.82) is 0 Å². The Kier molecular flexibility index (Phi) is 3.28. The van der Waals surface area contributed by atoms with Crippen molar-refractivity contribution in [3.05, 3.63) is 5.89 Å². The van der Waals surface area contributed by atoms with E-state index in [1.54, 1.807) is 6.92 Å². The molecule has 98 valence electrons. The fraction of sp³-hybridized carbons (Fsp3) is 0.750. The number of carbonyl (C=O) groups is 1. The van der Waals surface area contributed by atoms with Gasteiger partial charge >= 0.3 is 0 Å². The van der Waals surface area contributed by atoms with Crippen molar-refractivity contribution in [2.75, 3.05) is 5.75 Å². The van der Waals surface area contributed by atoms with Gasteiger partial charge in [0.1, 0.15) is 0 Å². The number of rotatable bonds is 4. The molecule has 3 rings (SSSR count). The maximum absolute atomic E-state index is 11.8. The van der Waals surface area contributed by atoms with E-state index in [9.17, 15) is 4.79 Å². The summed E-state index contributed by atoms with van der Waals surface area (Å²) in [5, 5.41) is 11.2. The summed E-state index contributed by atoms with van der Waals surface area (Å²) in [5.74, 6) is 2.54. The number of hydrogen-bond acceptors (Lipinski definition) is 5. The van der Waals surface area contributed by atoms with Crippen molar-refractivity contribution in [3.8, 4) is 0 Å². The molecule has 6 heteroatoms. The SMILES string of the molecule is Cc1nnc(SCC(=O)NC2CC3CCC2C3)o1. The van der Waals surface area contributed by atoms with Gasteiger partial charge in [-0.2, -0.15) is 0 Å². The van der Waals surface area contributed by atoms with Gasteiger partial charge < -0.3 is 9.73 Å². The van der Waals surface area contributed by atoms with Crippen LogP contribution < -0.4 is 5.32 Å². The van der Waals surface area contributed by atoms with Crippen LogP contribution in [-0.2, 0) is 4.79 Å². The molecule has 2 saturated carbocycles. The van der Waals surface area contributed by atoms with Crippen molar-refractivity contribution in [3.63, 3.8) is 0 Å². The van der Waals surface area contributed by atoms with Gasteiger partial charge in [-0.1, -0.05) is 18.2 Å². The van der Waals surface area contributed by atoms with Crippen LogP contribution in [0.3, 0.4) is 0 Å². The van der Waals surface area contributed by atoms with E-state index in [1.165, 1.54) is 37.4 Å². The topological polar surface area (TPSA) is 68.0 Å². The molecule has 18 heavy (non-hydrogen) atoms. The molecule has 2 fully saturated rings. The quantitative estimate of drug-likeness (QED) is 0.842. The van der Waals surface area contributed by atoms with E-state index in [0.717, 1.165) is 11.8 Å². The monoisotopic (exact) mass is 267 g/mol. The van der Waals surface area contributed by atoms with Crippen LogP contribution >= 0.6 is 11.8 Å². The first kappa shape index (κ1) is 12.0. The first-order chi connectivity index (χ1) is 8.70. The minimum atomic E-state index is 0.0772. The van der Waals surface area contributed by atoms with Crippen molar-refractivity contribution in [2.24, 2.45) is 11.8 Å². The molecule has 0 aromatic carbocycles. The molecule has 2 aliphatic rings. The van der Waals surface area contributed by atoms with Gasteiger partial charge in [-0.05, 0) is 31.1 Å². The summed E-state index contributed by atoms with van der Waals surface area (Å²) in [7, 11) is 0. The van der Waals surface area contributed by atoms with Gasteiger partial charge in [-0.25, -0.2) is 0 Å². The van der Waals surface area contributed by atoms with E-state index in [2.05, 4.69) is 15.5 Å². The van der Waals surface area contributed by atoms with Crippen LogP contribution in [0.25, 0.3) is 0 Å². The first-order valence-corrected chi connectivity index (χ1v) is 7.41. The zero-order chi connectivity index (χ0) is 12.5. The van der Waals surface area contributed by atoms with E-state index < -0.39 is 0 Å². The number of aryl methyl sites for hydroxylation is 1. The Morgan fingerprint density at radius 2 is 2.33 bits per heavy atom. The second-order valence-electron chi connectivity index (χ2n) is 5.22. The highest BCUT2D eigenvalue weighted by atomic mass is 32.2. The number of aromatic nitrogens is 2. The zero-order valence-corrected chi connectivity index (χ0v) is 11.2. The van der Waals surface area contributed by atoms with Crippen LogP contribution in [0, 0.1) is 18.8 Å². The number of carbonyl (C=O) groups excluding carboxylic acids is 1. The van der Waals surface area contributed by atoms with Crippen molar-refractivity contribution in [2.45, 2.75) is 43.9 Å². The highest BCUT2D eigenvalue weighted by Crippen LogP contribution is 2.44. The highest BCUT2D eigenvalue weighted by molar-refractivity contribution is 7.99. The molecule has 0 radical (unpaired) electrons. The van der Waals surface area contributed by atoms with E-state index in [0.29, 0.717) is 22.9 Å². The van der Waals surface area contributed by atoms with Crippen LogP contribution in [0.4, 0.5) is 0 Å². The summed E-state index contributed by atoms with van der Waals surface area (Å²) in [6.45, 7) is 1.74. The van der Waals surface area contributed by atoms with Gasteiger partial charge in [0.25, 0.3) is 5.22 Å². The second-order valence-corrected chi connectivity index (χ2v) is 6.15. The lowest BCUT2D eigenvalue weighted by molar-refractivity contribution is -0.119. The Hall–Kier alpha value is -1.04. The Labute approximate surface area is 110 Å². The van der Waals surface area contributed by atoms with Crippen LogP contribution in [0.2, 0.25) is 0 Å². The largest absolute Gasteiger partial charge is 0.416 e. The van der Waals surface area contributed by atoms with Gasteiger partial charge in [0, 0.05) is 13.0 Å². The summed E-state index contributed by atoms with van der Waals surface area (Å²) in [4.78, 5) is 11.8. The van der Waals surface area contributed by atoms with Crippen LogP contribution in [0.5, 0.6) is 0 Å². The highest BCUT2D eigenvalue weighted by Gasteiger charge is 2.39. The Morgan fingerprint density at radius 3 is 2.94 bits per heavy atom. The summed E-state index contributed by atoms with van der Waals surface area (Å²) in [6.07, 6.45) is 5.11. The second kappa shape index (κ2) is 4.91. The van der Waals surface area contributed by atoms with Gasteiger partial charge in [-0.15, -0.1) is 10.2 Å². The number of fused-ring (bicyclic) bond motifs is 2. The van der Waals surface area contributed by atoms with E-state index in [1.807, 2.05) is 0 Å². The number of thioether (sulfide) groups is 1. The zero-order valence-electron chi connectivity index (χ0n) is 10.4. The molecule has 1 aromatic rings. The third-order valence-corrected chi connectivity index (χ3v) is 4.74. The average molecular weight is 267 g/mol. The lowest BCUT2D eigenvalue weighted by atomic mass is 9.95.